The van der Waals surface area contributed by atoms with Crippen LogP contribution in [0.25, 0.3) is 0 Å². The van der Waals surface area contributed by atoms with Gasteiger partial charge < -0.3 is 4.98 Å². The van der Waals surface area contributed by atoms with Crippen molar-refractivity contribution in [2.24, 2.45) is 0 Å². The Morgan fingerprint density at radius 2 is 1.67 bits per heavy atom. The molecule has 0 unspecified atom stereocenters. The summed E-state index contributed by atoms with van der Waals surface area (Å²) in [5.41, 5.74) is -0.277. The first-order valence-electron chi connectivity index (χ1n) is 4.40. The summed E-state index contributed by atoms with van der Waals surface area (Å²) >= 11 is 3.45. The highest BCUT2D eigenvalue weighted by atomic mass is 127. The summed E-state index contributed by atoms with van der Waals surface area (Å²) in [5.74, 6) is -1.53. The molecule has 0 aliphatic rings. The third-order valence-corrected chi connectivity index (χ3v) is 3.26. The van der Waals surface area contributed by atoms with Crippen molar-refractivity contribution in [1.82, 2.24) is 9.97 Å². The number of H-pyrrole nitrogens is 1. The average molecular weight is 480 g/mol. The van der Waals surface area contributed by atoms with Gasteiger partial charge in [0.15, 0.2) is 11.6 Å². The maximum Gasteiger partial charge on any atom is 0.249 e. The Kier molecular flexibility index (Phi) is 6.05. The summed E-state index contributed by atoms with van der Waals surface area (Å²) in [5, 5.41) is 0. The van der Waals surface area contributed by atoms with Gasteiger partial charge in [-0.3, -0.25) is 4.79 Å². The van der Waals surface area contributed by atoms with Crippen LogP contribution in [0.4, 0.5) is 13.2 Å². The van der Waals surface area contributed by atoms with Gasteiger partial charge in [0.1, 0.15) is 0 Å². The second-order valence-corrected chi connectivity index (χ2v) is 5.24. The predicted octanol–water partition coefficient (Wildman–Crippen LogP) is 3.08. The van der Waals surface area contributed by atoms with E-state index in [2.05, 4.69) is 9.97 Å². The minimum absolute atomic E-state index is 0.250. The third-order valence-electron chi connectivity index (χ3n) is 1.60. The molecule has 8 heteroatoms. The molecule has 0 spiro atoms. The fourth-order valence-corrected chi connectivity index (χ4v) is 1.65. The first kappa shape index (κ1) is 15.4. The van der Waals surface area contributed by atoms with Crippen LogP contribution >= 0.6 is 45.2 Å². The zero-order valence-electron chi connectivity index (χ0n) is 8.55. The number of hydrogen-bond donors (Lipinski definition) is 1. The van der Waals surface area contributed by atoms with Crippen molar-refractivity contribution in [3.63, 3.8) is 0 Å². The molecule has 0 aliphatic heterocycles. The highest BCUT2D eigenvalue weighted by Crippen LogP contribution is 2.08. The number of aromatic amines is 1. The minimum atomic E-state index is -0.652. The van der Waals surface area contributed by atoms with E-state index in [1.165, 1.54) is 6.07 Å². The van der Waals surface area contributed by atoms with E-state index in [0.29, 0.717) is 3.57 Å². The van der Waals surface area contributed by atoms with Crippen LogP contribution in [-0.4, -0.2) is 9.97 Å². The lowest BCUT2D eigenvalue weighted by Gasteiger charge is -1.90. The van der Waals surface area contributed by atoms with Crippen LogP contribution in [0.1, 0.15) is 0 Å². The zero-order valence-corrected chi connectivity index (χ0v) is 12.9. The molecular weight excluding hydrogens is 475 g/mol. The lowest BCUT2D eigenvalue weighted by Crippen LogP contribution is -2.04. The largest absolute Gasteiger partial charge is 0.326 e. The van der Waals surface area contributed by atoms with Crippen molar-refractivity contribution < 1.29 is 13.2 Å². The molecular formula is C10H5F3I2N2O. The first-order valence-corrected chi connectivity index (χ1v) is 6.56. The van der Waals surface area contributed by atoms with Gasteiger partial charge in [0.25, 0.3) is 0 Å². The van der Waals surface area contributed by atoms with Crippen LogP contribution in [0.2, 0.25) is 0 Å². The molecule has 0 bridgehead atoms. The monoisotopic (exact) mass is 480 g/mol. The van der Waals surface area contributed by atoms with Crippen LogP contribution in [0.5, 0.6) is 0 Å². The number of pyridine rings is 2. The molecule has 2 aromatic heterocycles. The van der Waals surface area contributed by atoms with E-state index in [1.807, 2.05) is 0 Å². The summed E-state index contributed by atoms with van der Waals surface area (Å²) in [4.78, 5) is 15.7. The van der Waals surface area contributed by atoms with Gasteiger partial charge in [0.2, 0.25) is 11.5 Å². The van der Waals surface area contributed by atoms with Crippen LogP contribution in [0.3, 0.4) is 0 Å². The molecule has 0 saturated carbocycles. The Morgan fingerprint density at radius 1 is 1.06 bits per heavy atom. The lowest BCUT2D eigenvalue weighted by atomic mass is 10.5. The number of halogens is 5. The fourth-order valence-electron chi connectivity index (χ4n) is 0.820. The molecule has 0 atom stereocenters. The van der Waals surface area contributed by atoms with E-state index in [-0.39, 0.29) is 9.13 Å². The van der Waals surface area contributed by atoms with E-state index < -0.39 is 17.6 Å². The molecule has 2 heterocycles. The number of rotatable bonds is 0. The fraction of sp³-hybridized carbons (Fsp3) is 0. The molecule has 0 amide bonds. The Labute approximate surface area is 127 Å². The molecule has 0 fully saturated rings. The Morgan fingerprint density at radius 3 is 2.11 bits per heavy atom. The smallest absolute Gasteiger partial charge is 0.249 e. The van der Waals surface area contributed by atoms with E-state index >= 15 is 0 Å². The van der Waals surface area contributed by atoms with Crippen molar-refractivity contribution in [3.8, 4) is 0 Å². The normalized spacial score (nSPS) is 9.61. The molecule has 0 saturated heterocycles. The van der Waals surface area contributed by atoms with Crippen LogP contribution in [0.15, 0.2) is 29.3 Å². The van der Waals surface area contributed by atoms with Crippen LogP contribution in [0, 0.1) is 24.7 Å². The Bertz CT molecular complexity index is 604. The molecule has 0 radical (unpaired) electrons. The molecule has 3 nitrogen and oxygen atoms in total. The molecule has 2 aromatic rings. The van der Waals surface area contributed by atoms with Crippen molar-refractivity contribution in [3.05, 3.63) is 59.6 Å². The second kappa shape index (κ2) is 7.07. The Balaban J connectivity index is 0.000000180. The molecule has 0 aliphatic carbocycles. The van der Waals surface area contributed by atoms with Gasteiger partial charge in [-0.2, -0.15) is 4.39 Å². The highest BCUT2D eigenvalue weighted by Gasteiger charge is 1.98. The topological polar surface area (TPSA) is 45.8 Å². The van der Waals surface area contributed by atoms with Gasteiger partial charge in [0.05, 0.1) is 13.3 Å². The summed E-state index contributed by atoms with van der Waals surface area (Å²) in [6, 6.07) is 2.24. The van der Waals surface area contributed by atoms with Crippen molar-refractivity contribution in [1.29, 1.82) is 0 Å². The minimum Gasteiger partial charge on any atom is -0.326 e. The molecule has 0 aromatic carbocycles. The molecule has 18 heavy (non-hydrogen) atoms. The second-order valence-electron chi connectivity index (χ2n) is 2.91. The van der Waals surface area contributed by atoms with Crippen LogP contribution < -0.4 is 5.56 Å². The summed E-state index contributed by atoms with van der Waals surface area (Å²) < 4.78 is 37.2. The van der Waals surface area contributed by atoms with Gasteiger partial charge in [0, 0.05) is 18.3 Å². The summed E-state index contributed by atoms with van der Waals surface area (Å²) in [6.07, 6.45) is 1.90. The highest BCUT2D eigenvalue weighted by molar-refractivity contribution is 14.1. The van der Waals surface area contributed by atoms with Crippen molar-refractivity contribution in [2.45, 2.75) is 0 Å². The van der Waals surface area contributed by atoms with Gasteiger partial charge >= 0.3 is 0 Å². The average Bonchev–Trinajstić information content (AvgIpc) is 2.30. The van der Waals surface area contributed by atoms with Gasteiger partial charge in [-0.15, -0.1) is 0 Å². The van der Waals surface area contributed by atoms with Crippen molar-refractivity contribution >= 4 is 45.2 Å². The molecule has 96 valence electrons. The van der Waals surface area contributed by atoms with E-state index in [4.69, 9.17) is 0 Å². The number of hydrogen-bond acceptors (Lipinski definition) is 2. The van der Waals surface area contributed by atoms with Gasteiger partial charge in [-0.1, -0.05) is 0 Å². The number of nitrogens with zero attached hydrogens (tertiary/aromatic N) is 1. The predicted molar refractivity (Wildman–Crippen MR) is 76.6 cm³/mol. The maximum atomic E-state index is 12.3. The van der Waals surface area contributed by atoms with E-state index in [0.717, 1.165) is 18.5 Å². The number of nitrogens with one attached hydrogen (secondary N) is 1. The maximum absolute atomic E-state index is 12.3. The first-order chi connectivity index (χ1) is 8.40. The standard InChI is InChI=1S/C5H2F2IN.C5H3FINO/c6-3-2-9-5(7)1-4(3)8;6-3-2-8-5(9)1-4(3)7/h1-2H;1-2H,(H,8,9). The van der Waals surface area contributed by atoms with Gasteiger partial charge in [-0.25, -0.2) is 13.8 Å². The van der Waals surface area contributed by atoms with E-state index in [1.54, 1.807) is 45.2 Å². The van der Waals surface area contributed by atoms with Gasteiger partial charge in [-0.05, 0) is 45.2 Å². The molecule has 1 N–H and O–H groups in total. The lowest BCUT2D eigenvalue weighted by molar-refractivity contribution is 0.555. The summed E-state index contributed by atoms with van der Waals surface area (Å²) in [6.45, 7) is 0. The van der Waals surface area contributed by atoms with E-state index in [9.17, 15) is 18.0 Å². The summed E-state index contributed by atoms with van der Waals surface area (Å²) in [7, 11) is 0. The quantitative estimate of drug-likeness (QED) is 0.466. The Hall–Kier alpha value is -0.650. The number of aromatic nitrogens is 2. The van der Waals surface area contributed by atoms with Crippen LogP contribution in [-0.2, 0) is 0 Å². The third kappa shape index (κ3) is 4.92. The zero-order chi connectivity index (χ0) is 13.7. The molecule has 2 rings (SSSR count). The van der Waals surface area contributed by atoms with Crippen molar-refractivity contribution in [2.75, 3.05) is 0 Å². The SMILES string of the molecule is Fc1cc(I)c(F)cn1.O=c1cc(I)c(F)c[nH]1.